The molecule has 5 heteroatoms. The van der Waals surface area contributed by atoms with Crippen molar-refractivity contribution >= 4 is 23.3 Å². The molecule has 0 saturated heterocycles. The molecule has 76 valence electrons. The highest BCUT2D eigenvalue weighted by atomic mass is 16.1. The van der Waals surface area contributed by atoms with Gasteiger partial charge in [-0.2, -0.15) is 0 Å². The van der Waals surface area contributed by atoms with Gasteiger partial charge in [-0.1, -0.05) is 11.6 Å². The number of aryl methyl sites for hydroxylation is 1. The minimum absolute atomic E-state index is 0.159. The number of H-pyrrole nitrogens is 1. The predicted molar refractivity (Wildman–Crippen MR) is 56.8 cm³/mol. The lowest BCUT2D eigenvalue weighted by Crippen LogP contribution is -2.12. The Balaban J connectivity index is 2.72. The topological polar surface area (TPSA) is 74.8 Å². The fourth-order valence-corrected chi connectivity index (χ4v) is 1.38. The maximum Gasteiger partial charge on any atom is 0.260 e. The maximum atomic E-state index is 11.6. The zero-order chi connectivity index (χ0) is 10.8. The van der Waals surface area contributed by atoms with Gasteiger partial charge in [-0.15, -0.1) is 0 Å². The molecular weight excluding hydrogens is 194 g/mol. The van der Waals surface area contributed by atoms with Crippen LogP contribution < -0.4 is 10.9 Å². The lowest BCUT2D eigenvalue weighted by atomic mass is 10.2. The molecule has 2 aromatic rings. The number of carbonyl (C=O) groups excluding carboxylic acids is 1. The first kappa shape index (κ1) is 9.39. The van der Waals surface area contributed by atoms with E-state index in [1.165, 1.54) is 0 Å². The highest BCUT2D eigenvalue weighted by Gasteiger charge is 2.02. The van der Waals surface area contributed by atoms with E-state index in [0.717, 1.165) is 5.56 Å². The van der Waals surface area contributed by atoms with E-state index in [9.17, 15) is 9.59 Å². The van der Waals surface area contributed by atoms with Crippen molar-refractivity contribution in [1.29, 1.82) is 0 Å². The Hall–Kier alpha value is -2.17. The van der Waals surface area contributed by atoms with Crippen LogP contribution in [0.3, 0.4) is 0 Å². The van der Waals surface area contributed by atoms with Crippen molar-refractivity contribution in [2.75, 3.05) is 5.32 Å². The number of fused-ring (bicyclic) bond motifs is 1. The first-order valence-corrected chi connectivity index (χ1v) is 4.41. The summed E-state index contributed by atoms with van der Waals surface area (Å²) in [5.74, 6) is 0.159. The van der Waals surface area contributed by atoms with Crippen molar-refractivity contribution in [1.82, 2.24) is 9.97 Å². The standard InChI is InChI=1S/C10H9N3O2/c1-6-2-3-8-7(4-6)9(15)13-10(12-8)11-5-14/h2-5H,1H3,(H2,11,12,13,14,15). The summed E-state index contributed by atoms with van der Waals surface area (Å²) in [6.45, 7) is 1.90. The number of carbonyl (C=O) groups is 1. The molecule has 1 heterocycles. The van der Waals surface area contributed by atoms with Crippen molar-refractivity contribution in [2.45, 2.75) is 6.92 Å². The number of nitrogens with one attached hydrogen (secondary N) is 2. The second kappa shape index (κ2) is 3.53. The third kappa shape index (κ3) is 1.71. The molecule has 15 heavy (non-hydrogen) atoms. The number of amides is 1. The molecular formula is C10H9N3O2. The van der Waals surface area contributed by atoms with Crippen LogP contribution in [-0.4, -0.2) is 16.4 Å². The molecule has 0 radical (unpaired) electrons. The molecule has 0 unspecified atom stereocenters. The predicted octanol–water partition coefficient (Wildman–Crippen LogP) is 0.800. The Morgan fingerprint density at radius 1 is 1.47 bits per heavy atom. The monoisotopic (exact) mass is 203 g/mol. The molecule has 0 saturated carbocycles. The van der Waals surface area contributed by atoms with Crippen LogP contribution in [0.5, 0.6) is 0 Å². The molecule has 0 spiro atoms. The Morgan fingerprint density at radius 3 is 3.00 bits per heavy atom. The van der Waals surface area contributed by atoms with Gasteiger partial charge in [0.2, 0.25) is 12.4 Å². The first-order chi connectivity index (χ1) is 7.20. The summed E-state index contributed by atoms with van der Waals surface area (Å²) in [6.07, 6.45) is 0.471. The van der Waals surface area contributed by atoms with E-state index in [4.69, 9.17) is 0 Å². The summed E-state index contributed by atoms with van der Waals surface area (Å²) < 4.78 is 0. The third-order valence-electron chi connectivity index (χ3n) is 2.06. The molecule has 5 nitrogen and oxygen atoms in total. The van der Waals surface area contributed by atoms with Crippen LogP contribution in [0.15, 0.2) is 23.0 Å². The molecule has 0 fully saturated rings. The van der Waals surface area contributed by atoms with Crippen molar-refractivity contribution in [3.05, 3.63) is 34.1 Å². The van der Waals surface area contributed by atoms with Gasteiger partial charge >= 0.3 is 0 Å². The van der Waals surface area contributed by atoms with Gasteiger partial charge in [-0.25, -0.2) is 4.98 Å². The van der Waals surface area contributed by atoms with Gasteiger partial charge in [0.05, 0.1) is 10.9 Å². The average molecular weight is 203 g/mol. The van der Waals surface area contributed by atoms with E-state index in [1.54, 1.807) is 12.1 Å². The molecule has 0 atom stereocenters. The van der Waals surface area contributed by atoms with Crippen LogP contribution >= 0.6 is 0 Å². The summed E-state index contributed by atoms with van der Waals surface area (Å²) in [7, 11) is 0. The molecule has 0 aliphatic rings. The van der Waals surface area contributed by atoms with Gasteiger partial charge < -0.3 is 0 Å². The minimum atomic E-state index is -0.256. The number of aromatic nitrogens is 2. The van der Waals surface area contributed by atoms with E-state index in [-0.39, 0.29) is 11.5 Å². The van der Waals surface area contributed by atoms with Crippen LogP contribution in [0.25, 0.3) is 10.9 Å². The smallest absolute Gasteiger partial charge is 0.260 e. The minimum Gasteiger partial charge on any atom is -0.299 e. The number of anilines is 1. The number of rotatable bonds is 2. The molecule has 1 amide bonds. The van der Waals surface area contributed by atoms with Crippen LogP contribution in [0.2, 0.25) is 0 Å². The normalized spacial score (nSPS) is 10.2. The third-order valence-corrected chi connectivity index (χ3v) is 2.06. The Bertz CT molecular complexity index is 574. The van der Waals surface area contributed by atoms with Crippen LogP contribution in [0.1, 0.15) is 5.56 Å². The highest BCUT2D eigenvalue weighted by Crippen LogP contribution is 2.10. The summed E-state index contributed by atoms with van der Waals surface area (Å²) >= 11 is 0. The van der Waals surface area contributed by atoms with Crippen LogP contribution in [-0.2, 0) is 4.79 Å². The number of aromatic amines is 1. The van der Waals surface area contributed by atoms with E-state index < -0.39 is 0 Å². The number of benzene rings is 1. The molecule has 2 N–H and O–H groups in total. The van der Waals surface area contributed by atoms with Gasteiger partial charge in [-0.3, -0.25) is 19.9 Å². The van der Waals surface area contributed by atoms with Gasteiger partial charge in [-0.05, 0) is 19.1 Å². The lowest BCUT2D eigenvalue weighted by Gasteiger charge is -2.01. The van der Waals surface area contributed by atoms with Gasteiger partial charge in [0.1, 0.15) is 0 Å². The maximum absolute atomic E-state index is 11.6. The number of hydrogen-bond donors (Lipinski definition) is 2. The fourth-order valence-electron chi connectivity index (χ4n) is 1.38. The fraction of sp³-hybridized carbons (Fsp3) is 0.100. The van der Waals surface area contributed by atoms with Crippen molar-refractivity contribution in [3.63, 3.8) is 0 Å². The highest BCUT2D eigenvalue weighted by molar-refractivity contribution is 5.80. The summed E-state index contributed by atoms with van der Waals surface area (Å²) in [5.41, 5.74) is 1.30. The quantitative estimate of drug-likeness (QED) is 0.709. The van der Waals surface area contributed by atoms with E-state index >= 15 is 0 Å². The Labute approximate surface area is 85.2 Å². The van der Waals surface area contributed by atoms with Gasteiger partial charge in [0, 0.05) is 0 Å². The molecule has 0 aliphatic heterocycles. The average Bonchev–Trinajstić information content (AvgIpc) is 2.20. The molecule has 2 rings (SSSR count). The van der Waals surface area contributed by atoms with Crippen LogP contribution in [0.4, 0.5) is 5.95 Å². The Kier molecular flexibility index (Phi) is 2.21. The summed E-state index contributed by atoms with van der Waals surface area (Å²) in [5, 5.41) is 2.83. The second-order valence-electron chi connectivity index (χ2n) is 3.20. The molecule has 0 bridgehead atoms. The van der Waals surface area contributed by atoms with E-state index in [0.29, 0.717) is 17.3 Å². The second-order valence-corrected chi connectivity index (χ2v) is 3.20. The number of nitrogens with zero attached hydrogens (tertiary/aromatic N) is 1. The van der Waals surface area contributed by atoms with Crippen molar-refractivity contribution < 1.29 is 4.79 Å². The zero-order valence-electron chi connectivity index (χ0n) is 8.07. The zero-order valence-corrected chi connectivity index (χ0v) is 8.07. The van der Waals surface area contributed by atoms with Crippen molar-refractivity contribution in [3.8, 4) is 0 Å². The number of hydrogen-bond acceptors (Lipinski definition) is 3. The largest absolute Gasteiger partial charge is 0.299 e. The Morgan fingerprint density at radius 2 is 2.27 bits per heavy atom. The first-order valence-electron chi connectivity index (χ1n) is 4.41. The summed E-state index contributed by atoms with van der Waals surface area (Å²) in [6, 6.07) is 5.36. The van der Waals surface area contributed by atoms with Crippen molar-refractivity contribution in [2.24, 2.45) is 0 Å². The van der Waals surface area contributed by atoms with E-state index in [1.807, 2.05) is 13.0 Å². The van der Waals surface area contributed by atoms with Gasteiger partial charge in [0.15, 0.2) is 0 Å². The molecule has 0 aliphatic carbocycles. The van der Waals surface area contributed by atoms with Crippen LogP contribution in [0, 0.1) is 6.92 Å². The van der Waals surface area contributed by atoms with E-state index in [2.05, 4.69) is 15.3 Å². The SMILES string of the molecule is Cc1ccc2nc(NC=O)[nH]c(=O)c2c1. The van der Waals surface area contributed by atoms with Gasteiger partial charge in [0.25, 0.3) is 5.56 Å². The molecule has 1 aromatic heterocycles. The summed E-state index contributed by atoms with van der Waals surface area (Å²) in [4.78, 5) is 28.3. The molecule has 1 aromatic carbocycles. The lowest BCUT2D eigenvalue weighted by molar-refractivity contribution is -0.105.